The van der Waals surface area contributed by atoms with Crippen LogP contribution in [0, 0.1) is 0 Å². The van der Waals surface area contributed by atoms with Crippen LogP contribution in [0.5, 0.6) is 0 Å². The van der Waals surface area contributed by atoms with Crippen molar-refractivity contribution in [2.24, 2.45) is 0 Å². The van der Waals surface area contributed by atoms with E-state index in [1.165, 1.54) is 29.7 Å². The van der Waals surface area contributed by atoms with E-state index in [4.69, 9.17) is 0 Å². The molecule has 0 saturated carbocycles. The van der Waals surface area contributed by atoms with Crippen molar-refractivity contribution in [3.05, 3.63) is 58.3 Å². The monoisotopic (exact) mass is 243 g/mol. The van der Waals surface area contributed by atoms with Gasteiger partial charge < -0.3 is 5.32 Å². The molecular weight excluding hydrogens is 226 g/mol. The first-order valence-corrected chi connectivity index (χ1v) is 7.16. The predicted octanol–water partition coefficient (Wildman–Crippen LogP) is 4.30. The molecule has 1 fully saturated rings. The highest BCUT2D eigenvalue weighted by Gasteiger charge is 2.23. The topological polar surface area (TPSA) is 12.0 Å². The van der Waals surface area contributed by atoms with Gasteiger partial charge in [-0.1, -0.05) is 36.4 Å². The second-order valence-electron chi connectivity index (χ2n) is 4.63. The molecule has 0 bridgehead atoms. The Morgan fingerprint density at radius 1 is 0.941 bits per heavy atom. The fraction of sp³-hybridized carbons (Fsp3) is 0.333. The van der Waals surface area contributed by atoms with Gasteiger partial charge in [0.25, 0.3) is 0 Å². The third kappa shape index (κ3) is 2.43. The van der Waals surface area contributed by atoms with Crippen molar-refractivity contribution in [2.45, 2.75) is 31.3 Å². The minimum absolute atomic E-state index is 0.525. The number of hydrogen-bond donors (Lipinski definition) is 1. The third-order valence-corrected chi connectivity index (χ3v) is 4.46. The summed E-state index contributed by atoms with van der Waals surface area (Å²) in [4.78, 5) is 1.48. The number of piperidine rings is 1. The van der Waals surface area contributed by atoms with Gasteiger partial charge in [-0.15, -0.1) is 11.3 Å². The van der Waals surface area contributed by atoms with E-state index in [1.807, 2.05) is 11.3 Å². The molecule has 0 spiro atoms. The average Bonchev–Trinajstić information content (AvgIpc) is 2.94. The third-order valence-electron chi connectivity index (χ3n) is 3.48. The minimum Gasteiger partial charge on any atom is -0.302 e. The van der Waals surface area contributed by atoms with E-state index in [2.05, 4.69) is 53.2 Å². The second-order valence-corrected chi connectivity index (χ2v) is 5.61. The number of rotatable bonds is 2. The summed E-state index contributed by atoms with van der Waals surface area (Å²) in [6, 6.07) is 16.3. The lowest BCUT2D eigenvalue weighted by molar-refractivity contribution is 0.334. The Morgan fingerprint density at radius 3 is 2.53 bits per heavy atom. The number of benzene rings is 1. The first-order chi connectivity index (χ1) is 8.43. The Hall–Kier alpha value is -1.12. The van der Waals surface area contributed by atoms with Gasteiger partial charge in [-0.25, -0.2) is 0 Å². The molecule has 1 aromatic carbocycles. The SMILES string of the molecule is c1ccc([C@@H]2CCC[C@@H](c3cccs3)N2)cc1. The zero-order chi connectivity index (χ0) is 11.5. The smallest absolute Gasteiger partial charge is 0.0419 e. The van der Waals surface area contributed by atoms with Gasteiger partial charge in [-0.05, 0) is 36.3 Å². The number of nitrogens with one attached hydrogen (secondary N) is 1. The highest BCUT2D eigenvalue weighted by molar-refractivity contribution is 7.10. The van der Waals surface area contributed by atoms with Crippen LogP contribution < -0.4 is 5.32 Å². The average molecular weight is 243 g/mol. The van der Waals surface area contributed by atoms with Crippen LogP contribution in [-0.4, -0.2) is 0 Å². The van der Waals surface area contributed by atoms with Crippen molar-refractivity contribution >= 4 is 11.3 Å². The maximum Gasteiger partial charge on any atom is 0.0419 e. The maximum atomic E-state index is 3.78. The van der Waals surface area contributed by atoms with Gasteiger partial charge in [0.2, 0.25) is 0 Å². The fourth-order valence-corrected chi connectivity index (χ4v) is 3.42. The van der Waals surface area contributed by atoms with Gasteiger partial charge in [0.15, 0.2) is 0 Å². The fourth-order valence-electron chi connectivity index (χ4n) is 2.60. The largest absolute Gasteiger partial charge is 0.302 e. The zero-order valence-corrected chi connectivity index (χ0v) is 10.6. The molecule has 0 amide bonds. The molecule has 0 radical (unpaired) electrons. The van der Waals surface area contributed by atoms with E-state index < -0.39 is 0 Å². The molecule has 1 aliphatic heterocycles. The molecule has 2 aromatic rings. The summed E-state index contributed by atoms with van der Waals surface area (Å²) in [6.07, 6.45) is 3.84. The van der Waals surface area contributed by atoms with E-state index in [0.29, 0.717) is 12.1 Å². The summed E-state index contributed by atoms with van der Waals surface area (Å²) >= 11 is 1.86. The van der Waals surface area contributed by atoms with Crippen molar-refractivity contribution in [2.75, 3.05) is 0 Å². The molecule has 2 atom stereocenters. The van der Waals surface area contributed by atoms with Gasteiger partial charge in [0.05, 0.1) is 0 Å². The van der Waals surface area contributed by atoms with Crippen LogP contribution in [0.3, 0.4) is 0 Å². The van der Waals surface area contributed by atoms with Gasteiger partial charge in [-0.2, -0.15) is 0 Å². The molecule has 2 heteroatoms. The van der Waals surface area contributed by atoms with E-state index in [-0.39, 0.29) is 0 Å². The molecule has 88 valence electrons. The lowest BCUT2D eigenvalue weighted by atomic mass is 9.93. The van der Waals surface area contributed by atoms with Crippen LogP contribution in [0.15, 0.2) is 47.8 Å². The summed E-state index contributed by atoms with van der Waals surface area (Å²) < 4.78 is 0. The van der Waals surface area contributed by atoms with E-state index in [0.717, 1.165) is 0 Å². The first-order valence-electron chi connectivity index (χ1n) is 6.28. The van der Waals surface area contributed by atoms with E-state index >= 15 is 0 Å². The summed E-state index contributed by atoms with van der Waals surface area (Å²) in [7, 11) is 0. The maximum absolute atomic E-state index is 3.78. The number of thiophene rings is 1. The van der Waals surface area contributed by atoms with E-state index in [9.17, 15) is 0 Å². The molecule has 3 rings (SSSR count). The molecule has 2 heterocycles. The highest BCUT2D eigenvalue weighted by Crippen LogP contribution is 2.34. The summed E-state index contributed by atoms with van der Waals surface area (Å²) in [5.74, 6) is 0. The quantitative estimate of drug-likeness (QED) is 0.829. The van der Waals surface area contributed by atoms with Crippen LogP contribution in [0.4, 0.5) is 0 Å². The van der Waals surface area contributed by atoms with Gasteiger partial charge in [-0.3, -0.25) is 0 Å². The van der Waals surface area contributed by atoms with Crippen molar-refractivity contribution in [1.82, 2.24) is 5.32 Å². The van der Waals surface area contributed by atoms with Crippen LogP contribution in [0.2, 0.25) is 0 Å². The van der Waals surface area contributed by atoms with Gasteiger partial charge in [0.1, 0.15) is 0 Å². The zero-order valence-electron chi connectivity index (χ0n) is 9.80. The van der Waals surface area contributed by atoms with Gasteiger partial charge in [0, 0.05) is 17.0 Å². The second kappa shape index (κ2) is 5.03. The Labute approximate surface area is 106 Å². The van der Waals surface area contributed by atoms with Crippen molar-refractivity contribution in [1.29, 1.82) is 0 Å². The Balaban J connectivity index is 1.76. The van der Waals surface area contributed by atoms with Gasteiger partial charge >= 0.3 is 0 Å². The molecule has 0 aliphatic carbocycles. The Morgan fingerprint density at radius 2 is 1.76 bits per heavy atom. The van der Waals surface area contributed by atoms with Crippen LogP contribution in [0.1, 0.15) is 41.8 Å². The molecular formula is C15H17NS. The standard InChI is InChI=1S/C15H17NS/c1-2-6-12(7-3-1)13-8-4-9-14(16-13)15-10-5-11-17-15/h1-3,5-7,10-11,13-14,16H,4,8-9H2/t13-,14-/m0/s1. The van der Waals surface area contributed by atoms with Crippen molar-refractivity contribution in [3.63, 3.8) is 0 Å². The summed E-state index contributed by atoms with van der Waals surface area (Å²) in [5, 5.41) is 5.95. The van der Waals surface area contributed by atoms with Crippen molar-refractivity contribution < 1.29 is 0 Å². The minimum atomic E-state index is 0.525. The molecule has 1 aromatic heterocycles. The molecule has 1 aliphatic rings. The molecule has 17 heavy (non-hydrogen) atoms. The van der Waals surface area contributed by atoms with Crippen LogP contribution in [-0.2, 0) is 0 Å². The molecule has 1 N–H and O–H groups in total. The molecule has 1 nitrogen and oxygen atoms in total. The lowest BCUT2D eigenvalue weighted by Crippen LogP contribution is -2.30. The van der Waals surface area contributed by atoms with Crippen molar-refractivity contribution in [3.8, 4) is 0 Å². The lowest BCUT2D eigenvalue weighted by Gasteiger charge is -2.30. The molecule has 0 unspecified atom stereocenters. The summed E-state index contributed by atoms with van der Waals surface area (Å²) in [5.41, 5.74) is 1.42. The van der Waals surface area contributed by atoms with E-state index in [1.54, 1.807) is 0 Å². The summed E-state index contributed by atoms with van der Waals surface area (Å²) in [6.45, 7) is 0. The Bertz CT molecular complexity index is 449. The number of hydrogen-bond acceptors (Lipinski definition) is 2. The first kappa shape index (κ1) is 11.0. The highest BCUT2D eigenvalue weighted by atomic mass is 32.1. The molecule has 1 saturated heterocycles. The Kier molecular flexibility index (Phi) is 3.25. The normalized spacial score (nSPS) is 24.7. The predicted molar refractivity (Wildman–Crippen MR) is 73.2 cm³/mol. The van der Waals surface area contributed by atoms with Crippen LogP contribution >= 0.6 is 11.3 Å². The van der Waals surface area contributed by atoms with Crippen LogP contribution in [0.25, 0.3) is 0 Å².